The van der Waals surface area contributed by atoms with Crippen LogP contribution in [0.15, 0.2) is 18.2 Å². The molecule has 98 valence electrons. The van der Waals surface area contributed by atoms with Gasteiger partial charge >= 0.3 is 0 Å². The van der Waals surface area contributed by atoms with Crippen molar-refractivity contribution < 1.29 is 13.9 Å². The Morgan fingerprint density at radius 3 is 3.00 bits per heavy atom. The van der Waals surface area contributed by atoms with Crippen molar-refractivity contribution in [2.75, 3.05) is 20.2 Å². The molecule has 0 saturated carbocycles. The van der Waals surface area contributed by atoms with Gasteiger partial charge in [0.25, 0.3) is 5.91 Å². The molecule has 0 radical (unpaired) electrons. The van der Waals surface area contributed by atoms with Crippen LogP contribution in [0.3, 0.4) is 0 Å². The van der Waals surface area contributed by atoms with E-state index in [-0.39, 0.29) is 23.9 Å². The smallest absolute Gasteiger partial charge is 0.252 e. The average Bonchev–Trinajstić information content (AvgIpc) is 2.76. The van der Waals surface area contributed by atoms with E-state index in [2.05, 4.69) is 10.6 Å². The Labute approximate surface area is 118 Å². The van der Waals surface area contributed by atoms with Crippen molar-refractivity contribution >= 4 is 28.5 Å². The predicted molar refractivity (Wildman–Crippen MR) is 74.0 cm³/mol. The van der Waals surface area contributed by atoms with Gasteiger partial charge in [-0.2, -0.15) is 0 Å². The third kappa shape index (κ3) is 2.99. The van der Waals surface area contributed by atoms with Crippen LogP contribution < -0.4 is 10.6 Å². The van der Waals surface area contributed by atoms with Crippen molar-refractivity contribution in [1.29, 1.82) is 0 Å². The molecule has 2 atom stereocenters. The Bertz CT molecular complexity index is 456. The first-order valence-electron chi connectivity index (χ1n) is 5.61. The summed E-state index contributed by atoms with van der Waals surface area (Å²) in [4.78, 5) is 12.1. The topological polar surface area (TPSA) is 50.4 Å². The summed E-state index contributed by atoms with van der Waals surface area (Å²) in [5.74, 6) is -0.539. The number of ether oxygens (including phenoxy) is 1. The van der Waals surface area contributed by atoms with Crippen LogP contribution in [-0.4, -0.2) is 38.3 Å². The highest BCUT2D eigenvalue weighted by atomic mass is 127. The van der Waals surface area contributed by atoms with Gasteiger partial charge in [0.1, 0.15) is 5.82 Å². The molecule has 6 heteroatoms. The average molecular weight is 364 g/mol. The monoisotopic (exact) mass is 364 g/mol. The maximum atomic E-state index is 13.0. The van der Waals surface area contributed by atoms with Crippen LogP contribution in [0.5, 0.6) is 0 Å². The van der Waals surface area contributed by atoms with E-state index in [1.807, 2.05) is 22.6 Å². The minimum absolute atomic E-state index is 0.0212. The number of amides is 1. The largest absolute Gasteiger partial charge is 0.378 e. The lowest BCUT2D eigenvalue weighted by Gasteiger charge is -2.18. The molecule has 0 bridgehead atoms. The van der Waals surface area contributed by atoms with Crippen molar-refractivity contribution in [2.45, 2.75) is 12.1 Å². The maximum absolute atomic E-state index is 13.0. The summed E-state index contributed by atoms with van der Waals surface area (Å²) in [5, 5.41) is 6.06. The second kappa shape index (κ2) is 5.94. The lowest BCUT2D eigenvalue weighted by molar-refractivity contribution is 0.0779. The predicted octanol–water partition coefficient (Wildman–Crippen LogP) is 1.15. The third-order valence-corrected chi connectivity index (χ3v) is 3.85. The number of methoxy groups -OCH3 is 1. The molecule has 2 N–H and O–H groups in total. The van der Waals surface area contributed by atoms with Crippen LogP contribution in [0.4, 0.5) is 4.39 Å². The fourth-order valence-corrected chi connectivity index (χ4v) is 2.69. The summed E-state index contributed by atoms with van der Waals surface area (Å²) in [6.45, 7) is 1.41. The minimum Gasteiger partial charge on any atom is -0.378 e. The first-order chi connectivity index (χ1) is 8.61. The summed E-state index contributed by atoms with van der Waals surface area (Å²) < 4.78 is 18.8. The van der Waals surface area contributed by atoms with E-state index in [9.17, 15) is 9.18 Å². The van der Waals surface area contributed by atoms with Crippen LogP contribution in [0.2, 0.25) is 0 Å². The molecule has 0 aliphatic carbocycles. The molecular weight excluding hydrogens is 350 g/mol. The van der Waals surface area contributed by atoms with Crippen molar-refractivity contribution in [3.8, 4) is 0 Å². The first-order valence-corrected chi connectivity index (χ1v) is 6.69. The Morgan fingerprint density at radius 2 is 2.33 bits per heavy atom. The molecule has 1 aromatic rings. The summed E-state index contributed by atoms with van der Waals surface area (Å²) in [6, 6.07) is 4.08. The van der Waals surface area contributed by atoms with Crippen LogP contribution in [0.1, 0.15) is 10.4 Å². The quantitative estimate of drug-likeness (QED) is 0.792. The maximum Gasteiger partial charge on any atom is 0.252 e. The number of carbonyl (C=O) groups excluding carboxylic acids is 1. The summed E-state index contributed by atoms with van der Waals surface area (Å²) in [6.07, 6.45) is -0.0212. The zero-order valence-corrected chi connectivity index (χ0v) is 12.0. The molecule has 1 fully saturated rings. The van der Waals surface area contributed by atoms with E-state index in [0.29, 0.717) is 15.7 Å². The second-order valence-electron chi connectivity index (χ2n) is 4.14. The molecule has 1 saturated heterocycles. The van der Waals surface area contributed by atoms with E-state index in [0.717, 1.165) is 6.54 Å². The highest BCUT2D eigenvalue weighted by Crippen LogP contribution is 2.14. The molecule has 2 rings (SSSR count). The van der Waals surface area contributed by atoms with Gasteiger partial charge < -0.3 is 15.4 Å². The Balaban J connectivity index is 2.07. The van der Waals surface area contributed by atoms with E-state index in [1.165, 1.54) is 18.2 Å². The van der Waals surface area contributed by atoms with Gasteiger partial charge in [-0.3, -0.25) is 4.79 Å². The van der Waals surface area contributed by atoms with E-state index in [1.54, 1.807) is 7.11 Å². The van der Waals surface area contributed by atoms with Crippen molar-refractivity contribution in [3.05, 3.63) is 33.1 Å². The van der Waals surface area contributed by atoms with E-state index >= 15 is 0 Å². The van der Waals surface area contributed by atoms with Crippen molar-refractivity contribution in [2.24, 2.45) is 0 Å². The fraction of sp³-hybridized carbons (Fsp3) is 0.417. The van der Waals surface area contributed by atoms with Crippen molar-refractivity contribution in [3.63, 3.8) is 0 Å². The van der Waals surface area contributed by atoms with Gasteiger partial charge in [-0.1, -0.05) is 0 Å². The van der Waals surface area contributed by atoms with Crippen LogP contribution in [0, 0.1) is 9.39 Å². The van der Waals surface area contributed by atoms with Crippen LogP contribution in [0.25, 0.3) is 0 Å². The molecule has 0 spiro atoms. The molecule has 1 aliphatic heterocycles. The number of rotatable bonds is 3. The number of hydrogen-bond acceptors (Lipinski definition) is 3. The standard InChI is InChI=1S/C12H14FIN2O2/c1-18-11-6-15-5-10(11)16-12(17)8-3-2-7(13)4-9(8)14/h2-4,10-11,15H,5-6H2,1H3,(H,16,17)/t10?,11-/m0/s1. The van der Waals surface area contributed by atoms with Gasteiger partial charge in [0.05, 0.1) is 17.7 Å². The minimum atomic E-state index is -0.340. The van der Waals surface area contributed by atoms with Gasteiger partial charge in [0.15, 0.2) is 0 Å². The molecule has 18 heavy (non-hydrogen) atoms. The number of halogens is 2. The van der Waals surface area contributed by atoms with Gasteiger partial charge in [0, 0.05) is 23.8 Å². The molecule has 1 heterocycles. The van der Waals surface area contributed by atoms with Gasteiger partial charge in [-0.15, -0.1) is 0 Å². The Morgan fingerprint density at radius 1 is 1.56 bits per heavy atom. The zero-order chi connectivity index (χ0) is 13.1. The Hall–Kier alpha value is -0.730. The molecule has 1 unspecified atom stereocenters. The zero-order valence-electron chi connectivity index (χ0n) is 9.87. The van der Waals surface area contributed by atoms with Gasteiger partial charge in [-0.25, -0.2) is 4.39 Å². The van der Waals surface area contributed by atoms with E-state index < -0.39 is 0 Å². The summed E-state index contributed by atoms with van der Waals surface area (Å²) >= 11 is 1.95. The molecule has 0 aromatic heterocycles. The number of hydrogen-bond donors (Lipinski definition) is 2. The van der Waals surface area contributed by atoms with Crippen LogP contribution in [-0.2, 0) is 4.74 Å². The molecule has 1 amide bonds. The van der Waals surface area contributed by atoms with Crippen LogP contribution >= 0.6 is 22.6 Å². The van der Waals surface area contributed by atoms with E-state index in [4.69, 9.17) is 4.74 Å². The highest BCUT2D eigenvalue weighted by molar-refractivity contribution is 14.1. The normalized spacial score (nSPS) is 23.1. The number of nitrogens with one attached hydrogen (secondary N) is 2. The lowest BCUT2D eigenvalue weighted by Crippen LogP contribution is -2.43. The van der Waals surface area contributed by atoms with Crippen molar-refractivity contribution in [1.82, 2.24) is 10.6 Å². The molecular formula is C12H14FIN2O2. The van der Waals surface area contributed by atoms with Gasteiger partial charge in [0.2, 0.25) is 0 Å². The SMILES string of the molecule is CO[C@H]1CNCC1NC(=O)c1ccc(F)cc1I. The molecule has 1 aliphatic rings. The third-order valence-electron chi connectivity index (χ3n) is 2.95. The molecule has 1 aromatic carbocycles. The summed E-state index contributed by atoms with van der Waals surface area (Å²) in [5.41, 5.74) is 0.485. The molecule has 4 nitrogen and oxygen atoms in total. The highest BCUT2D eigenvalue weighted by Gasteiger charge is 2.28. The second-order valence-corrected chi connectivity index (χ2v) is 5.30. The van der Waals surface area contributed by atoms with Gasteiger partial charge in [-0.05, 0) is 40.8 Å². The first kappa shape index (κ1) is 13.7. The fourth-order valence-electron chi connectivity index (χ4n) is 1.97. The summed E-state index contributed by atoms with van der Waals surface area (Å²) in [7, 11) is 1.62. The number of benzene rings is 1. The Kier molecular flexibility index (Phi) is 4.52. The lowest BCUT2D eigenvalue weighted by atomic mass is 10.1. The number of carbonyl (C=O) groups is 1.